The van der Waals surface area contributed by atoms with Crippen molar-refractivity contribution >= 4 is 0 Å². The molecule has 1 aliphatic rings. The molecule has 104 valence electrons. The molecule has 1 fully saturated rings. The van der Waals surface area contributed by atoms with Gasteiger partial charge in [0.1, 0.15) is 0 Å². The third-order valence-corrected chi connectivity index (χ3v) is 3.51. The predicted octanol–water partition coefficient (Wildman–Crippen LogP) is 3.46. The van der Waals surface area contributed by atoms with Crippen LogP contribution in [-0.4, -0.2) is 37.7 Å². The lowest BCUT2D eigenvalue weighted by Gasteiger charge is -2.26. The third kappa shape index (κ3) is 8.55. The Morgan fingerprint density at radius 1 is 0.944 bits per heavy atom. The van der Waals surface area contributed by atoms with Crippen molar-refractivity contribution in [2.75, 3.05) is 32.8 Å². The number of piperidine rings is 1. The summed E-state index contributed by atoms with van der Waals surface area (Å²) in [5.41, 5.74) is 0. The molecule has 0 aliphatic carbocycles. The van der Waals surface area contributed by atoms with E-state index in [9.17, 15) is 0 Å². The van der Waals surface area contributed by atoms with Gasteiger partial charge in [0.15, 0.2) is 0 Å². The maximum absolute atomic E-state index is 5.52. The number of rotatable bonds is 9. The van der Waals surface area contributed by atoms with Gasteiger partial charge in [-0.3, -0.25) is 0 Å². The van der Waals surface area contributed by atoms with Gasteiger partial charge in [0.25, 0.3) is 0 Å². The molecule has 2 heteroatoms. The van der Waals surface area contributed by atoms with Crippen LogP contribution in [0.4, 0.5) is 0 Å². The van der Waals surface area contributed by atoms with Crippen LogP contribution >= 0.6 is 0 Å². The van der Waals surface area contributed by atoms with E-state index < -0.39 is 0 Å². The molecule has 1 heterocycles. The molecule has 0 bridgehead atoms. The van der Waals surface area contributed by atoms with Crippen LogP contribution in [0.1, 0.15) is 58.3 Å². The van der Waals surface area contributed by atoms with E-state index >= 15 is 0 Å². The molecule has 0 saturated carbocycles. The van der Waals surface area contributed by atoms with Gasteiger partial charge in [0.2, 0.25) is 0 Å². The second-order valence-corrected chi connectivity index (χ2v) is 5.11. The predicted molar refractivity (Wildman–Crippen MR) is 77.6 cm³/mol. The summed E-state index contributed by atoms with van der Waals surface area (Å²) in [6, 6.07) is 0. The van der Waals surface area contributed by atoms with E-state index in [1.165, 1.54) is 64.6 Å². The smallest absolute Gasteiger partial charge is 0.0575 e. The van der Waals surface area contributed by atoms with E-state index in [0.29, 0.717) is 0 Å². The molecule has 1 rings (SSSR count). The van der Waals surface area contributed by atoms with E-state index in [1.54, 1.807) is 0 Å². The molecule has 0 amide bonds. The highest BCUT2D eigenvalue weighted by atomic mass is 16.5. The van der Waals surface area contributed by atoms with E-state index in [2.05, 4.69) is 16.7 Å². The van der Waals surface area contributed by atoms with Crippen LogP contribution in [0.3, 0.4) is 0 Å². The summed E-state index contributed by atoms with van der Waals surface area (Å²) in [7, 11) is 0. The summed E-state index contributed by atoms with van der Waals surface area (Å²) in [5, 5.41) is 0. The van der Waals surface area contributed by atoms with Gasteiger partial charge in [-0.05, 0) is 52.2 Å². The monoisotopic (exact) mass is 251 g/mol. The van der Waals surface area contributed by atoms with E-state index in [0.717, 1.165) is 19.6 Å². The fraction of sp³-hybridized carbons (Fsp3) is 0.875. The van der Waals surface area contributed by atoms with Gasteiger partial charge in [-0.2, -0.15) is 0 Å². The van der Waals surface area contributed by atoms with Crippen molar-refractivity contribution in [3.05, 3.63) is 0 Å². The van der Waals surface area contributed by atoms with Crippen molar-refractivity contribution in [3.63, 3.8) is 0 Å². The lowest BCUT2D eigenvalue weighted by molar-refractivity contribution is 0.135. The van der Waals surface area contributed by atoms with Crippen molar-refractivity contribution in [2.45, 2.75) is 58.3 Å². The molecule has 0 aromatic rings. The first-order chi connectivity index (χ1) is 8.93. The molecule has 1 saturated heterocycles. The average molecular weight is 251 g/mol. The topological polar surface area (TPSA) is 12.5 Å². The van der Waals surface area contributed by atoms with E-state index in [4.69, 9.17) is 4.74 Å². The highest BCUT2D eigenvalue weighted by Crippen LogP contribution is 2.10. The van der Waals surface area contributed by atoms with Gasteiger partial charge in [0, 0.05) is 13.0 Å². The van der Waals surface area contributed by atoms with Crippen molar-refractivity contribution in [2.24, 2.45) is 0 Å². The molecular weight excluding hydrogens is 222 g/mol. The number of ether oxygens (including phenoxy) is 1. The first-order valence-electron chi connectivity index (χ1n) is 7.63. The minimum atomic E-state index is 0.800. The second-order valence-electron chi connectivity index (χ2n) is 5.11. The zero-order valence-corrected chi connectivity index (χ0v) is 12.0. The van der Waals surface area contributed by atoms with Crippen LogP contribution in [0.25, 0.3) is 0 Å². The highest BCUT2D eigenvalue weighted by Gasteiger charge is 2.08. The first-order valence-corrected chi connectivity index (χ1v) is 7.63. The summed E-state index contributed by atoms with van der Waals surface area (Å²) >= 11 is 0. The van der Waals surface area contributed by atoms with Crippen LogP contribution in [-0.2, 0) is 4.74 Å². The summed E-state index contributed by atoms with van der Waals surface area (Å²) in [6.07, 6.45) is 10.4. The largest absolute Gasteiger partial charge is 0.380 e. The number of nitrogens with zero attached hydrogens (tertiary/aromatic N) is 1. The molecule has 0 aromatic carbocycles. The molecule has 0 N–H and O–H groups in total. The fourth-order valence-corrected chi connectivity index (χ4v) is 2.43. The molecule has 0 atom stereocenters. The summed E-state index contributed by atoms with van der Waals surface area (Å²) in [4.78, 5) is 2.63. The Balaban J connectivity index is 1.76. The quantitative estimate of drug-likeness (QED) is 0.459. The first kappa shape index (κ1) is 15.5. The standard InChI is InChI=1S/C16H29NO/c1-2-3-10-15-18-16-11-5-4-7-12-17-13-8-6-9-14-17/h4-16H2,1H3. The van der Waals surface area contributed by atoms with E-state index in [1.807, 2.05) is 6.92 Å². The molecule has 1 aliphatic heterocycles. The van der Waals surface area contributed by atoms with E-state index in [-0.39, 0.29) is 0 Å². The lowest BCUT2D eigenvalue weighted by atomic mass is 10.1. The van der Waals surface area contributed by atoms with Crippen LogP contribution in [0.5, 0.6) is 0 Å². The van der Waals surface area contributed by atoms with Crippen molar-refractivity contribution in [1.82, 2.24) is 4.90 Å². The van der Waals surface area contributed by atoms with Crippen molar-refractivity contribution < 1.29 is 4.74 Å². The Morgan fingerprint density at radius 3 is 2.50 bits per heavy atom. The zero-order chi connectivity index (χ0) is 12.9. The Labute approximate surface area is 113 Å². The number of likely N-dealkylation sites (tertiary alicyclic amines) is 1. The normalized spacial score (nSPS) is 16.3. The summed E-state index contributed by atoms with van der Waals surface area (Å²) in [5.74, 6) is 5.90. The van der Waals surface area contributed by atoms with Gasteiger partial charge < -0.3 is 9.64 Å². The Kier molecular flexibility index (Phi) is 9.98. The maximum Gasteiger partial charge on any atom is 0.0575 e. The highest BCUT2D eigenvalue weighted by molar-refractivity contribution is 4.94. The molecular formula is C16H29NO. The Hall–Kier alpha value is -0.520. The lowest BCUT2D eigenvalue weighted by Crippen LogP contribution is -2.30. The van der Waals surface area contributed by atoms with Gasteiger partial charge in [0.05, 0.1) is 6.61 Å². The van der Waals surface area contributed by atoms with Crippen LogP contribution in [0.15, 0.2) is 0 Å². The molecule has 0 spiro atoms. The minimum Gasteiger partial charge on any atom is -0.380 e. The summed E-state index contributed by atoms with van der Waals surface area (Å²) in [6.45, 7) is 7.57. The SMILES string of the molecule is CC#CCCOCCCCCCN1CCCCC1. The molecule has 0 aromatic heterocycles. The number of hydrogen-bond donors (Lipinski definition) is 0. The van der Waals surface area contributed by atoms with Crippen molar-refractivity contribution in [1.29, 1.82) is 0 Å². The molecule has 0 radical (unpaired) electrons. The minimum absolute atomic E-state index is 0.800. The van der Waals surface area contributed by atoms with Crippen LogP contribution < -0.4 is 0 Å². The average Bonchev–Trinajstić information content (AvgIpc) is 2.42. The molecule has 18 heavy (non-hydrogen) atoms. The van der Waals surface area contributed by atoms with Gasteiger partial charge in [-0.15, -0.1) is 11.8 Å². The second kappa shape index (κ2) is 11.6. The van der Waals surface area contributed by atoms with Crippen LogP contribution in [0.2, 0.25) is 0 Å². The van der Waals surface area contributed by atoms with Gasteiger partial charge >= 0.3 is 0 Å². The molecule has 0 unspecified atom stereocenters. The van der Waals surface area contributed by atoms with Crippen LogP contribution in [0, 0.1) is 11.8 Å². The number of unbranched alkanes of at least 4 members (excludes halogenated alkanes) is 3. The number of hydrogen-bond acceptors (Lipinski definition) is 2. The fourth-order valence-electron chi connectivity index (χ4n) is 2.43. The molecule has 2 nitrogen and oxygen atoms in total. The van der Waals surface area contributed by atoms with Gasteiger partial charge in [-0.1, -0.05) is 19.3 Å². The maximum atomic E-state index is 5.52. The Bertz CT molecular complexity index is 235. The van der Waals surface area contributed by atoms with Crippen molar-refractivity contribution in [3.8, 4) is 11.8 Å². The Morgan fingerprint density at radius 2 is 1.72 bits per heavy atom. The third-order valence-electron chi connectivity index (χ3n) is 3.51. The van der Waals surface area contributed by atoms with Gasteiger partial charge in [-0.25, -0.2) is 0 Å². The zero-order valence-electron chi connectivity index (χ0n) is 12.0. The summed E-state index contributed by atoms with van der Waals surface area (Å²) < 4.78 is 5.52.